The average molecular weight is 611 g/mol. The maximum atomic E-state index is 13.1. The first kappa shape index (κ1) is 29.7. The molecule has 12 heteroatoms. The number of hydrogen-bond acceptors (Lipinski definition) is 9. The van der Waals surface area contributed by atoms with E-state index >= 15 is 0 Å². The van der Waals surface area contributed by atoms with Crippen LogP contribution in [-0.2, 0) is 16.1 Å². The number of anilines is 2. The van der Waals surface area contributed by atoms with Crippen LogP contribution in [0.4, 0.5) is 10.9 Å². The van der Waals surface area contributed by atoms with Crippen molar-refractivity contribution in [1.82, 2.24) is 14.9 Å². The maximum Gasteiger partial charge on any atom is 0.309 e. The second-order valence-corrected chi connectivity index (χ2v) is 12.8. The zero-order valence-corrected chi connectivity index (χ0v) is 25.6. The van der Waals surface area contributed by atoms with Gasteiger partial charge < -0.3 is 14.5 Å². The minimum absolute atomic E-state index is 0.103. The first-order chi connectivity index (χ1) is 18.6. The van der Waals surface area contributed by atoms with Crippen LogP contribution in [0.1, 0.15) is 48.8 Å². The molecule has 3 aromatic rings. The number of halogens is 2. The van der Waals surface area contributed by atoms with Gasteiger partial charge in [0.25, 0.3) is 5.91 Å². The highest BCUT2D eigenvalue weighted by Crippen LogP contribution is 2.37. The average Bonchev–Trinajstić information content (AvgIpc) is 3.49. The second kappa shape index (κ2) is 13.4. The van der Waals surface area contributed by atoms with Crippen LogP contribution in [0.3, 0.4) is 0 Å². The Balaban J connectivity index is 1.46. The number of piperidine rings is 1. The van der Waals surface area contributed by atoms with E-state index in [1.807, 2.05) is 23.3 Å². The van der Waals surface area contributed by atoms with Crippen LogP contribution in [0, 0.1) is 11.8 Å². The van der Waals surface area contributed by atoms with Gasteiger partial charge >= 0.3 is 5.97 Å². The van der Waals surface area contributed by atoms with Gasteiger partial charge in [0.15, 0.2) is 5.13 Å². The summed E-state index contributed by atoms with van der Waals surface area (Å²) < 4.78 is 5.15. The minimum Gasteiger partial charge on any atom is -0.466 e. The van der Waals surface area contributed by atoms with Crippen LogP contribution in [0.15, 0.2) is 23.7 Å². The van der Waals surface area contributed by atoms with E-state index in [2.05, 4.69) is 36.1 Å². The molecule has 0 aliphatic carbocycles. The van der Waals surface area contributed by atoms with Crippen molar-refractivity contribution in [3.8, 4) is 10.6 Å². The number of thiophene rings is 1. The van der Waals surface area contributed by atoms with Gasteiger partial charge in [-0.1, -0.05) is 48.4 Å². The van der Waals surface area contributed by atoms with E-state index in [1.54, 1.807) is 6.07 Å². The van der Waals surface area contributed by atoms with E-state index in [4.69, 9.17) is 32.9 Å². The van der Waals surface area contributed by atoms with Crippen molar-refractivity contribution >= 4 is 68.7 Å². The fourth-order valence-corrected chi connectivity index (χ4v) is 7.11. The van der Waals surface area contributed by atoms with Crippen molar-refractivity contribution in [2.45, 2.75) is 40.2 Å². The summed E-state index contributed by atoms with van der Waals surface area (Å²) in [6.45, 7) is 9.52. The number of carbonyl (C=O) groups excluding carboxylic acids is 2. The summed E-state index contributed by atoms with van der Waals surface area (Å²) in [6, 6.07) is 3.53. The van der Waals surface area contributed by atoms with Crippen LogP contribution in [0.2, 0.25) is 10.0 Å². The van der Waals surface area contributed by atoms with Crippen molar-refractivity contribution in [1.29, 1.82) is 0 Å². The molecule has 1 fully saturated rings. The van der Waals surface area contributed by atoms with E-state index < -0.39 is 0 Å². The van der Waals surface area contributed by atoms with Crippen LogP contribution >= 0.6 is 45.9 Å². The fraction of sp³-hybridized carbons (Fsp3) is 0.481. The third-order valence-corrected chi connectivity index (χ3v) is 8.83. The number of carbonyl (C=O) groups is 2. The minimum atomic E-state index is -0.330. The van der Waals surface area contributed by atoms with E-state index in [0.717, 1.165) is 22.0 Å². The van der Waals surface area contributed by atoms with Crippen LogP contribution < -0.4 is 10.2 Å². The normalized spacial score (nSPS) is 14.3. The molecule has 0 bridgehead atoms. The molecule has 3 aromatic heterocycles. The lowest BCUT2D eigenvalue weighted by Gasteiger charge is -2.32. The molecule has 4 heterocycles. The van der Waals surface area contributed by atoms with Gasteiger partial charge in [0.05, 0.1) is 38.7 Å². The zero-order chi connectivity index (χ0) is 28.1. The number of pyridine rings is 1. The third-order valence-electron chi connectivity index (χ3n) is 6.31. The van der Waals surface area contributed by atoms with Crippen LogP contribution in [-0.4, -0.2) is 60.0 Å². The molecule has 1 aliphatic rings. The molecule has 39 heavy (non-hydrogen) atoms. The Morgan fingerprint density at radius 1 is 1.26 bits per heavy atom. The van der Waals surface area contributed by atoms with Gasteiger partial charge in [-0.2, -0.15) is 0 Å². The smallest absolute Gasteiger partial charge is 0.309 e. The molecular formula is C27H33Cl2N5O3S2. The maximum absolute atomic E-state index is 13.1. The lowest BCUT2D eigenvalue weighted by molar-refractivity contribution is -0.148. The summed E-state index contributed by atoms with van der Waals surface area (Å²) in [5.41, 5.74) is 1.18. The molecule has 1 aliphatic heterocycles. The quantitative estimate of drug-likeness (QED) is 0.256. The van der Waals surface area contributed by atoms with Gasteiger partial charge in [-0.15, -0.1) is 11.3 Å². The lowest BCUT2D eigenvalue weighted by atomic mass is 9.97. The summed E-state index contributed by atoms with van der Waals surface area (Å²) in [7, 11) is 2.08. The summed E-state index contributed by atoms with van der Waals surface area (Å²) >= 11 is 15.7. The van der Waals surface area contributed by atoms with Gasteiger partial charge in [-0.05, 0) is 44.9 Å². The Morgan fingerprint density at radius 2 is 2.00 bits per heavy atom. The number of aromatic nitrogens is 2. The highest BCUT2D eigenvalue weighted by Gasteiger charge is 2.28. The zero-order valence-electron chi connectivity index (χ0n) is 22.5. The molecule has 1 saturated heterocycles. The number of thiazole rings is 1. The fourth-order valence-electron chi connectivity index (χ4n) is 4.62. The number of nitrogens with one attached hydrogen (secondary N) is 1. The van der Waals surface area contributed by atoms with Crippen molar-refractivity contribution in [2.24, 2.45) is 11.8 Å². The predicted octanol–water partition coefficient (Wildman–Crippen LogP) is 6.69. The SMILES string of the molecule is CCOC(=O)C1CCN(c2ncc(C(=O)Nc3nc(-c4cc(Cl)cs4)c(CN(C)CC(C)C)s3)cc2Cl)CC1. The van der Waals surface area contributed by atoms with Crippen molar-refractivity contribution < 1.29 is 14.3 Å². The Labute approximate surface area is 247 Å². The number of esters is 1. The lowest BCUT2D eigenvalue weighted by Crippen LogP contribution is -2.37. The number of hydrogen-bond donors (Lipinski definition) is 1. The Bertz CT molecular complexity index is 1300. The summed E-state index contributed by atoms with van der Waals surface area (Å²) in [6.07, 6.45) is 2.88. The molecule has 0 spiro atoms. The standard InChI is InChI=1S/C27H33Cl2N5O3S2/c1-5-37-26(36)17-6-8-34(9-7-17)24-20(29)10-18(12-30-24)25(35)32-27-31-23(21-11-19(28)15-38-21)22(39-27)14-33(4)13-16(2)3/h10-12,15-17H,5-9,13-14H2,1-4H3,(H,31,32,35). The summed E-state index contributed by atoms with van der Waals surface area (Å²) in [4.78, 5) is 40.7. The first-order valence-electron chi connectivity index (χ1n) is 13.0. The molecule has 8 nitrogen and oxygen atoms in total. The number of rotatable bonds is 10. The van der Waals surface area contributed by atoms with Gasteiger partial charge in [0.2, 0.25) is 0 Å². The van der Waals surface area contributed by atoms with E-state index in [9.17, 15) is 9.59 Å². The molecule has 1 N–H and O–H groups in total. The van der Waals surface area contributed by atoms with Crippen LogP contribution in [0.25, 0.3) is 10.6 Å². The molecule has 0 saturated carbocycles. The summed E-state index contributed by atoms with van der Waals surface area (Å²) in [5.74, 6) is 0.561. The number of nitrogens with zero attached hydrogens (tertiary/aromatic N) is 4. The van der Waals surface area contributed by atoms with Crippen molar-refractivity contribution in [2.75, 3.05) is 43.5 Å². The van der Waals surface area contributed by atoms with E-state index in [1.165, 1.54) is 28.9 Å². The predicted molar refractivity (Wildman–Crippen MR) is 160 cm³/mol. The molecule has 0 radical (unpaired) electrons. The van der Waals surface area contributed by atoms with Crippen molar-refractivity contribution in [3.63, 3.8) is 0 Å². The van der Waals surface area contributed by atoms with Crippen molar-refractivity contribution in [3.05, 3.63) is 44.2 Å². The Morgan fingerprint density at radius 3 is 2.62 bits per heavy atom. The van der Waals surface area contributed by atoms with Gasteiger partial charge in [-0.3, -0.25) is 14.9 Å². The van der Waals surface area contributed by atoms with Gasteiger partial charge in [-0.25, -0.2) is 9.97 Å². The Kier molecular flexibility index (Phi) is 10.2. The topological polar surface area (TPSA) is 87.7 Å². The van der Waals surface area contributed by atoms with Gasteiger partial charge in [0, 0.05) is 42.6 Å². The molecule has 1 amide bonds. The first-order valence-corrected chi connectivity index (χ1v) is 15.4. The number of amides is 1. The highest BCUT2D eigenvalue weighted by molar-refractivity contribution is 7.17. The van der Waals surface area contributed by atoms with E-state index in [0.29, 0.717) is 71.6 Å². The molecular weight excluding hydrogens is 577 g/mol. The summed E-state index contributed by atoms with van der Waals surface area (Å²) in [5, 5.41) is 6.37. The van der Waals surface area contributed by atoms with Gasteiger partial charge in [0.1, 0.15) is 5.82 Å². The molecule has 0 unspecified atom stereocenters. The molecule has 210 valence electrons. The number of ether oxygens (including phenoxy) is 1. The molecule has 0 aromatic carbocycles. The largest absolute Gasteiger partial charge is 0.466 e. The Hall–Kier alpha value is -2.24. The third kappa shape index (κ3) is 7.70. The monoisotopic (exact) mass is 609 g/mol. The second-order valence-electron chi connectivity index (χ2n) is 10.0. The van der Waals surface area contributed by atoms with E-state index in [-0.39, 0.29) is 17.8 Å². The molecule has 0 atom stereocenters. The highest BCUT2D eigenvalue weighted by atomic mass is 35.5. The van der Waals surface area contributed by atoms with Crippen LogP contribution in [0.5, 0.6) is 0 Å². The molecule has 4 rings (SSSR count).